The minimum absolute atomic E-state index is 0.0232. The number of benzene rings is 2. The van der Waals surface area contributed by atoms with Crippen LogP contribution in [0.2, 0.25) is 0 Å². The van der Waals surface area contributed by atoms with Crippen molar-refractivity contribution < 1.29 is 8.42 Å². The second-order valence-electron chi connectivity index (χ2n) is 4.70. The van der Waals surface area contributed by atoms with Crippen LogP contribution in [0, 0.1) is 13.8 Å². The van der Waals surface area contributed by atoms with Crippen LogP contribution in [0.25, 0.3) is 0 Å². The lowest BCUT2D eigenvalue weighted by Gasteiger charge is -2.10. The van der Waals surface area contributed by atoms with Crippen molar-refractivity contribution >= 4 is 15.5 Å². The average molecular weight is 275 g/mol. The van der Waals surface area contributed by atoms with Gasteiger partial charge in [0.05, 0.1) is 10.6 Å². The monoisotopic (exact) mass is 275 g/mol. The zero-order chi connectivity index (χ0) is 14.0. The van der Waals surface area contributed by atoms with Crippen LogP contribution >= 0.6 is 0 Å². The van der Waals surface area contributed by atoms with Crippen LogP contribution in [0.4, 0.5) is 5.69 Å². The van der Waals surface area contributed by atoms with E-state index in [2.05, 4.69) is 0 Å². The van der Waals surface area contributed by atoms with E-state index in [0.717, 1.165) is 16.7 Å². The van der Waals surface area contributed by atoms with Crippen LogP contribution in [0.1, 0.15) is 16.7 Å². The molecule has 100 valence electrons. The number of hydrogen-bond donors (Lipinski definition) is 1. The Bertz CT molecular complexity index is 668. The molecule has 0 atom stereocenters. The first-order valence-electron chi connectivity index (χ1n) is 6.03. The Morgan fingerprint density at radius 2 is 1.47 bits per heavy atom. The Hall–Kier alpha value is -1.81. The van der Waals surface area contributed by atoms with Gasteiger partial charge >= 0.3 is 0 Å². The number of aryl methyl sites for hydroxylation is 2. The standard InChI is InChI=1S/C15H17NO2S/c1-11-4-3-5-12(2)15(11)10-19(17,18)14-8-6-13(16)7-9-14/h3-9H,10,16H2,1-2H3. The molecule has 0 heterocycles. The molecule has 2 rings (SSSR count). The summed E-state index contributed by atoms with van der Waals surface area (Å²) >= 11 is 0. The Kier molecular flexibility index (Phi) is 3.62. The highest BCUT2D eigenvalue weighted by Gasteiger charge is 2.17. The molecule has 2 aromatic rings. The Balaban J connectivity index is 2.39. The Morgan fingerprint density at radius 1 is 0.947 bits per heavy atom. The van der Waals surface area contributed by atoms with Gasteiger partial charge in [0.2, 0.25) is 0 Å². The van der Waals surface area contributed by atoms with Gasteiger partial charge in [0.25, 0.3) is 0 Å². The number of nitrogen functional groups attached to an aromatic ring is 1. The lowest BCUT2D eigenvalue weighted by molar-refractivity contribution is 0.595. The van der Waals surface area contributed by atoms with Crippen LogP contribution in [0.15, 0.2) is 47.4 Å². The van der Waals surface area contributed by atoms with Crippen LogP contribution < -0.4 is 5.73 Å². The van der Waals surface area contributed by atoms with Gasteiger partial charge in [0.15, 0.2) is 9.84 Å². The second kappa shape index (κ2) is 5.05. The number of sulfone groups is 1. The molecular formula is C15H17NO2S. The highest BCUT2D eigenvalue weighted by Crippen LogP contribution is 2.22. The molecule has 0 aliphatic carbocycles. The summed E-state index contributed by atoms with van der Waals surface area (Å²) in [6.45, 7) is 3.86. The minimum Gasteiger partial charge on any atom is -0.399 e. The van der Waals surface area contributed by atoms with Crippen molar-refractivity contribution in [1.29, 1.82) is 0 Å². The zero-order valence-corrected chi connectivity index (χ0v) is 11.9. The summed E-state index contributed by atoms with van der Waals surface area (Å²) < 4.78 is 24.8. The fraction of sp³-hybridized carbons (Fsp3) is 0.200. The second-order valence-corrected chi connectivity index (χ2v) is 6.69. The highest BCUT2D eigenvalue weighted by molar-refractivity contribution is 7.90. The van der Waals surface area contributed by atoms with Gasteiger partial charge in [-0.3, -0.25) is 0 Å². The van der Waals surface area contributed by atoms with Gasteiger partial charge in [0, 0.05) is 5.69 Å². The fourth-order valence-electron chi connectivity index (χ4n) is 2.03. The van der Waals surface area contributed by atoms with E-state index in [-0.39, 0.29) is 5.75 Å². The molecule has 0 radical (unpaired) electrons. The molecule has 0 bridgehead atoms. The van der Waals surface area contributed by atoms with Crippen molar-refractivity contribution in [2.45, 2.75) is 24.5 Å². The molecule has 0 amide bonds. The highest BCUT2D eigenvalue weighted by atomic mass is 32.2. The topological polar surface area (TPSA) is 60.2 Å². The van der Waals surface area contributed by atoms with Crippen molar-refractivity contribution in [3.05, 3.63) is 59.2 Å². The quantitative estimate of drug-likeness (QED) is 0.876. The van der Waals surface area contributed by atoms with Crippen molar-refractivity contribution in [2.24, 2.45) is 0 Å². The summed E-state index contributed by atoms with van der Waals surface area (Å²) in [4.78, 5) is 0.310. The van der Waals surface area contributed by atoms with Crippen LogP contribution in [-0.4, -0.2) is 8.42 Å². The SMILES string of the molecule is Cc1cccc(C)c1CS(=O)(=O)c1ccc(N)cc1. The molecule has 0 unspecified atom stereocenters. The number of anilines is 1. The van der Waals surface area contributed by atoms with Crippen LogP contribution in [0.5, 0.6) is 0 Å². The van der Waals surface area contributed by atoms with Gasteiger partial charge in [-0.1, -0.05) is 18.2 Å². The first kappa shape index (κ1) is 13.6. The molecule has 2 aromatic carbocycles. The van der Waals surface area contributed by atoms with E-state index >= 15 is 0 Å². The lowest BCUT2D eigenvalue weighted by atomic mass is 10.1. The summed E-state index contributed by atoms with van der Waals surface area (Å²) in [5.41, 5.74) is 9.01. The lowest BCUT2D eigenvalue weighted by Crippen LogP contribution is -2.07. The molecule has 0 aliphatic heterocycles. The van der Waals surface area contributed by atoms with Crippen molar-refractivity contribution in [2.75, 3.05) is 5.73 Å². The first-order chi connectivity index (χ1) is 8.90. The Morgan fingerprint density at radius 3 is 2.00 bits per heavy atom. The van der Waals surface area contributed by atoms with E-state index in [1.807, 2.05) is 32.0 Å². The molecule has 3 nitrogen and oxygen atoms in total. The first-order valence-corrected chi connectivity index (χ1v) is 7.69. The number of nitrogens with two attached hydrogens (primary N) is 1. The van der Waals surface area contributed by atoms with E-state index in [0.29, 0.717) is 10.6 Å². The van der Waals surface area contributed by atoms with Crippen molar-refractivity contribution in [1.82, 2.24) is 0 Å². The number of rotatable bonds is 3. The van der Waals surface area contributed by atoms with Crippen molar-refractivity contribution in [3.63, 3.8) is 0 Å². The third-order valence-electron chi connectivity index (χ3n) is 3.22. The van der Waals surface area contributed by atoms with E-state index in [9.17, 15) is 8.42 Å². The third kappa shape index (κ3) is 2.96. The zero-order valence-electron chi connectivity index (χ0n) is 11.1. The summed E-state index contributed by atoms with van der Waals surface area (Å²) in [6.07, 6.45) is 0. The van der Waals surface area contributed by atoms with E-state index < -0.39 is 9.84 Å². The van der Waals surface area contributed by atoms with Gasteiger partial charge in [-0.2, -0.15) is 0 Å². The van der Waals surface area contributed by atoms with Crippen molar-refractivity contribution in [3.8, 4) is 0 Å². The van der Waals surface area contributed by atoms with Gasteiger partial charge in [-0.15, -0.1) is 0 Å². The van der Waals surface area contributed by atoms with Gasteiger partial charge < -0.3 is 5.73 Å². The fourth-order valence-corrected chi connectivity index (χ4v) is 3.58. The van der Waals surface area contributed by atoms with Crippen LogP contribution in [0.3, 0.4) is 0 Å². The maximum Gasteiger partial charge on any atom is 0.182 e. The normalized spacial score (nSPS) is 11.5. The maximum atomic E-state index is 12.4. The minimum atomic E-state index is -3.33. The molecule has 19 heavy (non-hydrogen) atoms. The number of hydrogen-bond acceptors (Lipinski definition) is 3. The molecule has 0 saturated carbocycles. The molecule has 4 heteroatoms. The van der Waals surface area contributed by atoms with E-state index in [4.69, 9.17) is 5.73 Å². The van der Waals surface area contributed by atoms with Gasteiger partial charge in [-0.05, 0) is 54.8 Å². The molecular weight excluding hydrogens is 258 g/mol. The average Bonchev–Trinajstić information content (AvgIpc) is 2.35. The smallest absolute Gasteiger partial charge is 0.182 e. The predicted octanol–water partition coefficient (Wildman–Crippen LogP) is 2.86. The van der Waals surface area contributed by atoms with Crippen LogP contribution in [-0.2, 0) is 15.6 Å². The van der Waals surface area contributed by atoms with Gasteiger partial charge in [0.1, 0.15) is 0 Å². The third-order valence-corrected chi connectivity index (χ3v) is 4.88. The largest absolute Gasteiger partial charge is 0.399 e. The summed E-state index contributed by atoms with van der Waals surface area (Å²) in [6, 6.07) is 12.1. The molecule has 0 aliphatic rings. The molecule has 0 aromatic heterocycles. The van der Waals surface area contributed by atoms with E-state index in [1.54, 1.807) is 24.3 Å². The summed E-state index contributed by atoms with van der Waals surface area (Å²) in [5, 5.41) is 0. The molecule has 0 saturated heterocycles. The Labute approximate surface area is 114 Å². The predicted molar refractivity (Wildman–Crippen MR) is 77.7 cm³/mol. The van der Waals surface area contributed by atoms with Gasteiger partial charge in [-0.25, -0.2) is 8.42 Å². The summed E-state index contributed by atoms with van der Waals surface area (Å²) in [5.74, 6) is 0.0232. The molecule has 2 N–H and O–H groups in total. The maximum absolute atomic E-state index is 12.4. The molecule has 0 fully saturated rings. The van der Waals surface area contributed by atoms with E-state index in [1.165, 1.54) is 0 Å². The summed E-state index contributed by atoms with van der Waals surface area (Å²) in [7, 11) is -3.33. The molecule has 0 spiro atoms.